The Balaban J connectivity index is 2.81. The van der Waals surface area contributed by atoms with E-state index in [1.165, 1.54) is 38.5 Å². The minimum absolute atomic E-state index is 0.0709. The number of nitrogens with one attached hydrogen (secondary N) is 1. The number of esters is 1. The first-order valence-electron chi connectivity index (χ1n) is 26.1. The molecule has 1 aliphatic rings. The van der Waals surface area contributed by atoms with Gasteiger partial charge in [-0.25, -0.2) is 0 Å². The van der Waals surface area contributed by atoms with Gasteiger partial charge in [0.1, 0.15) is 24.4 Å². The number of amides is 1. The quantitative estimate of drug-likeness (QED) is 0.0150. The highest BCUT2D eigenvalue weighted by Gasteiger charge is 2.47. The average Bonchev–Trinajstić information content (AvgIpc) is 3.32. The van der Waals surface area contributed by atoms with Gasteiger partial charge < -0.3 is 45.1 Å². The van der Waals surface area contributed by atoms with Gasteiger partial charge in [0, 0.05) is 6.42 Å². The molecule has 0 aliphatic carbocycles. The summed E-state index contributed by atoms with van der Waals surface area (Å²) >= 11 is 0. The zero-order valence-corrected chi connectivity index (χ0v) is 41.7. The van der Waals surface area contributed by atoms with Crippen molar-refractivity contribution in [3.63, 3.8) is 0 Å². The largest absolute Gasteiger partial charge is 0.454 e. The molecule has 8 unspecified atom stereocenters. The molecule has 1 saturated heterocycles. The van der Waals surface area contributed by atoms with E-state index >= 15 is 0 Å². The van der Waals surface area contributed by atoms with E-state index in [2.05, 4.69) is 56.5 Å². The Hall–Kier alpha value is -3.42. The third kappa shape index (κ3) is 32.9. The van der Waals surface area contributed by atoms with Gasteiger partial charge in [0.2, 0.25) is 5.91 Å². The van der Waals surface area contributed by atoms with Crippen LogP contribution in [0.25, 0.3) is 0 Å². The third-order valence-corrected chi connectivity index (χ3v) is 11.6. The number of aliphatic hydroxyl groups excluding tert-OH is 5. The molecule has 11 nitrogen and oxygen atoms in total. The topological polar surface area (TPSA) is 175 Å². The molecule has 1 fully saturated rings. The van der Waals surface area contributed by atoms with Gasteiger partial charge in [0.25, 0.3) is 0 Å². The number of carbonyl (C=O) groups excluding carboxylic acids is 2. The number of hydrogen-bond acceptors (Lipinski definition) is 10. The normalized spacial score (nSPS) is 20.9. The van der Waals surface area contributed by atoms with Gasteiger partial charge in [0.15, 0.2) is 12.4 Å². The zero-order valence-electron chi connectivity index (χ0n) is 41.7. The first kappa shape index (κ1) is 61.6. The lowest BCUT2D eigenvalue weighted by Gasteiger charge is -2.41. The van der Waals surface area contributed by atoms with Gasteiger partial charge in [-0.15, -0.1) is 0 Å². The molecule has 6 N–H and O–H groups in total. The minimum Gasteiger partial charge on any atom is -0.454 e. The molecule has 382 valence electrons. The fourth-order valence-corrected chi connectivity index (χ4v) is 7.48. The number of unbranched alkanes of at least 4 members (excludes halogenated alkanes) is 18. The van der Waals surface area contributed by atoms with Gasteiger partial charge in [-0.05, 0) is 64.2 Å². The summed E-state index contributed by atoms with van der Waals surface area (Å²) in [4.78, 5) is 26.3. The minimum atomic E-state index is -1.64. The Morgan fingerprint density at radius 2 is 1.07 bits per heavy atom. The van der Waals surface area contributed by atoms with E-state index in [1.807, 2.05) is 60.8 Å². The summed E-state index contributed by atoms with van der Waals surface area (Å²) in [5.74, 6) is -1.26. The maximum Gasteiger partial charge on any atom is 0.306 e. The lowest BCUT2D eigenvalue weighted by molar-refractivity contribution is -0.305. The number of rotatable bonds is 41. The van der Waals surface area contributed by atoms with Crippen molar-refractivity contribution < 1.29 is 49.3 Å². The molecule has 1 amide bonds. The SMILES string of the molecule is CC/C=C/C=C/C=C\C=C/CCCCCC(=O)OC1C(OCC(NC(=O)C(O)CCCCCCCC/C=C/C=C/C=C/CC)C(O)/C=C/CCCCCCCCCCC)OC(CO)C(O)C1O. The zero-order chi connectivity index (χ0) is 49.0. The molecule has 0 saturated carbocycles. The van der Waals surface area contributed by atoms with Crippen LogP contribution in [-0.4, -0.2) is 99.6 Å². The fourth-order valence-electron chi connectivity index (χ4n) is 7.48. The van der Waals surface area contributed by atoms with E-state index in [4.69, 9.17) is 14.2 Å². The Morgan fingerprint density at radius 1 is 0.597 bits per heavy atom. The van der Waals surface area contributed by atoms with Crippen LogP contribution < -0.4 is 5.32 Å². The standard InChI is InChI=1S/C56H93NO10/c1-4-7-10-13-16-19-22-24-26-28-31-34-37-40-43-49(60)55(64)57-47(48(59)42-39-36-33-30-27-21-18-15-12-9-6-3)46-65-56-54(53(63)52(62)50(45-58)66-56)67-51(61)44-41-38-35-32-29-25-23-20-17-14-11-8-5-2/h7-8,10-11,13-14,16-17,19-20,22-23,25,29,39,42,47-50,52-54,56,58-60,62-63H,4-6,9,12,15,18,21,24,26-28,30-38,40-41,43-46H2,1-3H3,(H,57,64)/b10-7+,11-8+,16-13+,17-14+,22-19+,23-20-,29-25-,42-39+. The second-order valence-corrected chi connectivity index (χ2v) is 17.6. The van der Waals surface area contributed by atoms with Gasteiger partial charge in [-0.2, -0.15) is 0 Å². The number of aliphatic hydroxyl groups is 5. The Bertz CT molecular complexity index is 1450. The maximum atomic E-state index is 13.3. The van der Waals surface area contributed by atoms with Crippen LogP contribution in [-0.2, 0) is 23.8 Å². The Morgan fingerprint density at radius 3 is 1.61 bits per heavy atom. The summed E-state index contributed by atoms with van der Waals surface area (Å²) < 4.78 is 17.5. The van der Waals surface area contributed by atoms with Crippen molar-refractivity contribution in [2.24, 2.45) is 0 Å². The maximum absolute atomic E-state index is 13.3. The van der Waals surface area contributed by atoms with Crippen molar-refractivity contribution in [1.29, 1.82) is 0 Å². The predicted molar refractivity (Wildman–Crippen MR) is 273 cm³/mol. The molecule has 0 aromatic heterocycles. The molecule has 1 heterocycles. The van der Waals surface area contributed by atoms with Gasteiger partial charge in [0.05, 0.1) is 25.4 Å². The lowest BCUT2D eigenvalue weighted by Crippen LogP contribution is -2.61. The second kappa shape index (κ2) is 43.8. The van der Waals surface area contributed by atoms with Crippen LogP contribution >= 0.6 is 0 Å². The van der Waals surface area contributed by atoms with E-state index in [0.29, 0.717) is 12.8 Å². The van der Waals surface area contributed by atoms with Crippen LogP contribution in [0, 0.1) is 0 Å². The van der Waals surface area contributed by atoms with Crippen LogP contribution in [0.3, 0.4) is 0 Å². The molecule has 0 aromatic carbocycles. The number of hydrogen-bond donors (Lipinski definition) is 6. The summed E-state index contributed by atoms with van der Waals surface area (Å²) in [5, 5.41) is 56.6. The van der Waals surface area contributed by atoms with Crippen LogP contribution in [0.2, 0.25) is 0 Å². The number of ether oxygens (including phenoxy) is 3. The number of carbonyl (C=O) groups is 2. The molecule has 0 spiro atoms. The van der Waals surface area contributed by atoms with Crippen molar-refractivity contribution in [2.75, 3.05) is 13.2 Å². The van der Waals surface area contributed by atoms with Crippen LogP contribution in [0.1, 0.15) is 181 Å². The molecular weight excluding hydrogens is 847 g/mol. The molecule has 1 aliphatic heterocycles. The van der Waals surface area contributed by atoms with Crippen LogP contribution in [0.5, 0.6) is 0 Å². The van der Waals surface area contributed by atoms with Crippen molar-refractivity contribution in [2.45, 2.75) is 230 Å². The Labute approximate surface area is 405 Å². The van der Waals surface area contributed by atoms with E-state index in [0.717, 1.165) is 96.3 Å². The molecule has 11 heteroatoms. The van der Waals surface area contributed by atoms with Crippen molar-refractivity contribution in [1.82, 2.24) is 5.32 Å². The highest BCUT2D eigenvalue weighted by atomic mass is 16.7. The first-order valence-corrected chi connectivity index (χ1v) is 26.1. The smallest absolute Gasteiger partial charge is 0.306 e. The molecule has 67 heavy (non-hydrogen) atoms. The van der Waals surface area contributed by atoms with Crippen molar-refractivity contribution >= 4 is 11.9 Å². The first-order chi connectivity index (χ1) is 32.7. The molecule has 0 radical (unpaired) electrons. The van der Waals surface area contributed by atoms with Gasteiger partial charge >= 0.3 is 5.97 Å². The molecule has 0 bridgehead atoms. The highest BCUT2D eigenvalue weighted by Crippen LogP contribution is 2.26. The summed E-state index contributed by atoms with van der Waals surface area (Å²) in [7, 11) is 0. The summed E-state index contributed by atoms with van der Waals surface area (Å²) in [6.45, 7) is 5.43. The van der Waals surface area contributed by atoms with E-state index in [9.17, 15) is 35.1 Å². The third-order valence-electron chi connectivity index (χ3n) is 11.6. The predicted octanol–water partition coefficient (Wildman–Crippen LogP) is 10.8. The molecule has 0 aromatic rings. The lowest BCUT2D eigenvalue weighted by atomic mass is 9.99. The van der Waals surface area contributed by atoms with Crippen LogP contribution in [0.4, 0.5) is 0 Å². The summed E-state index contributed by atoms with van der Waals surface area (Å²) in [6, 6.07) is -1.04. The van der Waals surface area contributed by atoms with Crippen molar-refractivity contribution in [3.05, 3.63) is 97.2 Å². The van der Waals surface area contributed by atoms with Crippen LogP contribution in [0.15, 0.2) is 97.2 Å². The number of allylic oxidation sites excluding steroid dienone is 15. The molecule has 8 atom stereocenters. The highest BCUT2D eigenvalue weighted by molar-refractivity contribution is 5.80. The van der Waals surface area contributed by atoms with E-state index in [1.54, 1.807) is 6.08 Å². The average molecular weight is 940 g/mol. The Kier molecular flexibility index (Phi) is 40.3. The fraction of sp³-hybridized carbons (Fsp3) is 0.679. The molecular formula is C56H93NO10. The van der Waals surface area contributed by atoms with E-state index in [-0.39, 0.29) is 19.4 Å². The van der Waals surface area contributed by atoms with E-state index < -0.39 is 67.4 Å². The summed E-state index contributed by atoms with van der Waals surface area (Å²) in [5.41, 5.74) is 0. The monoisotopic (exact) mass is 940 g/mol. The van der Waals surface area contributed by atoms with Crippen molar-refractivity contribution in [3.8, 4) is 0 Å². The second-order valence-electron chi connectivity index (χ2n) is 17.6. The molecule has 1 rings (SSSR count). The van der Waals surface area contributed by atoms with Gasteiger partial charge in [-0.1, -0.05) is 208 Å². The van der Waals surface area contributed by atoms with Gasteiger partial charge in [-0.3, -0.25) is 9.59 Å². The summed E-state index contributed by atoms with van der Waals surface area (Å²) in [6.07, 6.45) is 46.0.